The van der Waals surface area contributed by atoms with Crippen molar-refractivity contribution < 1.29 is 21.6 Å². The second kappa shape index (κ2) is 6.36. The van der Waals surface area contributed by atoms with E-state index in [4.69, 9.17) is 0 Å². The van der Waals surface area contributed by atoms with Gasteiger partial charge in [0.25, 0.3) is 0 Å². The minimum Gasteiger partial charge on any atom is -0.212 e. The predicted molar refractivity (Wildman–Crippen MR) is 73.6 cm³/mol. The Kier molecular flexibility index (Phi) is 4.93. The maximum Gasteiger partial charge on any atom is 0.217 e. The summed E-state index contributed by atoms with van der Waals surface area (Å²) in [5.41, 5.74) is -0.297. The minimum absolute atomic E-state index is 0.297. The molecule has 0 atom stereocenters. The quantitative estimate of drug-likeness (QED) is 0.799. The van der Waals surface area contributed by atoms with Gasteiger partial charge in [-0.05, 0) is 18.9 Å². The second-order valence-corrected chi connectivity index (χ2v) is 7.74. The Morgan fingerprint density at radius 2 is 1.76 bits per heavy atom. The largest absolute Gasteiger partial charge is 0.217 e. The van der Waals surface area contributed by atoms with E-state index in [0.717, 1.165) is 29.6 Å². The van der Waals surface area contributed by atoms with Gasteiger partial charge in [-0.3, -0.25) is 0 Å². The zero-order valence-electron chi connectivity index (χ0n) is 11.8. The molecule has 0 heterocycles. The molecule has 0 amide bonds. The molecule has 0 aromatic heterocycles. The van der Waals surface area contributed by atoms with Crippen molar-refractivity contribution in [1.82, 2.24) is 4.31 Å². The Balaban J connectivity index is 2.19. The lowest BCUT2D eigenvalue weighted by Gasteiger charge is -2.27. The molecule has 1 aromatic rings. The van der Waals surface area contributed by atoms with E-state index in [2.05, 4.69) is 0 Å². The average molecular weight is 321 g/mol. The van der Waals surface area contributed by atoms with E-state index in [1.807, 2.05) is 0 Å². The van der Waals surface area contributed by atoms with Crippen molar-refractivity contribution in [2.45, 2.75) is 43.9 Å². The van der Waals surface area contributed by atoms with Crippen LogP contribution in [-0.2, 0) is 16.6 Å². The third-order valence-corrected chi connectivity index (χ3v) is 6.18. The number of rotatable bonds is 4. The Labute approximate surface area is 122 Å². The van der Waals surface area contributed by atoms with Crippen LogP contribution in [0.4, 0.5) is 13.2 Å². The van der Waals surface area contributed by atoms with E-state index in [0.29, 0.717) is 18.9 Å². The van der Waals surface area contributed by atoms with E-state index in [1.165, 1.54) is 7.05 Å². The Morgan fingerprint density at radius 1 is 1.14 bits per heavy atom. The molecule has 3 nitrogen and oxygen atoms in total. The lowest BCUT2D eigenvalue weighted by atomic mass is 10.0. The lowest BCUT2D eigenvalue weighted by molar-refractivity contribution is 0.410. The SMILES string of the molecule is CN(Cc1cc(F)cc(F)c1F)S(=O)(=O)C1CCCCC1. The van der Waals surface area contributed by atoms with Crippen molar-refractivity contribution in [1.29, 1.82) is 0 Å². The van der Waals surface area contributed by atoms with Crippen molar-refractivity contribution in [3.05, 3.63) is 35.1 Å². The smallest absolute Gasteiger partial charge is 0.212 e. The Morgan fingerprint density at radius 3 is 2.38 bits per heavy atom. The number of hydrogen-bond acceptors (Lipinski definition) is 2. The van der Waals surface area contributed by atoms with Crippen molar-refractivity contribution >= 4 is 10.0 Å². The number of sulfonamides is 1. The average Bonchev–Trinajstić information content (AvgIpc) is 2.45. The number of hydrogen-bond donors (Lipinski definition) is 0. The van der Waals surface area contributed by atoms with Gasteiger partial charge in [-0.25, -0.2) is 25.9 Å². The van der Waals surface area contributed by atoms with Crippen LogP contribution in [0.15, 0.2) is 12.1 Å². The van der Waals surface area contributed by atoms with Crippen LogP contribution in [0.25, 0.3) is 0 Å². The minimum atomic E-state index is -3.58. The summed E-state index contributed by atoms with van der Waals surface area (Å²) in [5.74, 6) is -3.44. The Bertz CT molecular complexity index is 613. The summed E-state index contributed by atoms with van der Waals surface area (Å²) in [7, 11) is -2.27. The van der Waals surface area contributed by atoms with E-state index < -0.39 is 32.7 Å². The van der Waals surface area contributed by atoms with E-state index in [1.54, 1.807) is 0 Å². The number of benzene rings is 1. The topological polar surface area (TPSA) is 37.4 Å². The highest BCUT2D eigenvalue weighted by atomic mass is 32.2. The standard InChI is InChI=1S/C14H18F3NO2S/c1-18(21(19,20)12-5-3-2-4-6-12)9-10-7-11(15)8-13(16)14(10)17/h7-8,12H,2-6,9H2,1H3. The van der Waals surface area contributed by atoms with E-state index in [-0.39, 0.29) is 12.1 Å². The summed E-state index contributed by atoms with van der Waals surface area (Å²) in [6.07, 6.45) is 3.86. The molecule has 21 heavy (non-hydrogen) atoms. The van der Waals surface area contributed by atoms with Crippen molar-refractivity contribution in [2.75, 3.05) is 7.05 Å². The number of nitrogens with zero attached hydrogens (tertiary/aromatic N) is 1. The molecule has 1 aliphatic rings. The molecule has 1 fully saturated rings. The molecular weight excluding hydrogens is 303 g/mol. The summed E-state index contributed by atoms with van der Waals surface area (Å²) in [6.45, 7) is -0.376. The summed E-state index contributed by atoms with van der Waals surface area (Å²) in [5, 5.41) is -0.488. The first-order valence-corrected chi connectivity index (χ1v) is 8.41. The molecule has 1 saturated carbocycles. The highest BCUT2D eigenvalue weighted by Crippen LogP contribution is 2.27. The number of halogens is 3. The summed E-state index contributed by atoms with van der Waals surface area (Å²) < 4.78 is 65.7. The van der Waals surface area contributed by atoms with Crippen LogP contribution >= 0.6 is 0 Å². The van der Waals surface area contributed by atoms with Crippen LogP contribution in [0.5, 0.6) is 0 Å². The van der Waals surface area contributed by atoms with Gasteiger partial charge >= 0.3 is 0 Å². The van der Waals surface area contributed by atoms with Crippen LogP contribution in [0.1, 0.15) is 37.7 Å². The van der Waals surface area contributed by atoms with Crippen LogP contribution in [0, 0.1) is 17.5 Å². The third kappa shape index (κ3) is 3.58. The van der Waals surface area contributed by atoms with E-state index >= 15 is 0 Å². The van der Waals surface area contributed by atoms with Gasteiger partial charge in [0.2, 0.25) is 10.0 Å². The van der Waals surface area contributed by atoms with Crippen LogP contribution < -0.4 is 0 Å². The Hall–Kier alpha value is -1.08. The molecule has 0 bridgehead atoms. The molecule has 1 aromatic carbocycles. The van der Waals surface area contributed by atoms with Gasteiger partial charge in [0.1, 0.15) is 5.82 Å². The van der Waals surface area contributed by atoms with Gasteiger partial charge in [0.15, 0.2) is 11.6 Å². The van der Waals surface area contributed by atoms with Gasteiger partial charge in [-0.15, -0.1) is 0 Å². The summed E-state index contributed by atoms with van der Waals surface area (Å²) in [4.78, 5) is 0. The molecule has 0 aliphatic heterocycles. The first-order valence-electron chi connectivity index (χ1n) is 6.91. The van der Waals surface area contributed by atoms with Gasteiger partial charge in [-0.1, -0.05) is 19.3 Å². The molecule has 0 saturated heterocycles. The van der Waals surface area contributed by atoms with Gasteiger partial charge in [0.05, 0.1) is 5.25 Å². The maximum atomic E-state index is 13.6. The van der Waals surface area contributed by atoms with Crippen molar-refractivity contribution in [3.8, 4) is 0 Å². The van der Waals surface area contributed by atoms with Crippen molar-refractivity contribution in [2.24, 2.45) is 0 Å². The fourth-order valence-corrected chi connectivity index (χ4v) is 4.43. The highest BCUT2D eigenvalue weighted by Gasteiger charge is 2.31. The highest BCUT2D eigenvalue weighted by molar-refractivity contribution is 7.89. The predicted octanol–water partition coefficient (Wildman–Crippen LogP) is 3.20. The summed E-state index contributed by atoms with van der Waals surface area (Å²) >= 11 is 0. The van der Waals surface area contributed by atoms with Crippen LogP contribution in [0.3, 0.4) is 0 Å². The first-order chi connectivity index (χ1) is 9.82. The molecule has 0 radical (unpaired) electrons. The fraction of sp³-hybridized carbons (Fsp3) is 0.571. The lowest BCUT2D eigenvalue weighted by Crippen LogP contribution is -2.37. The first kappa shape index (κ1) is 16.3. The monoisotopic (exact) mass is 321 g/mol. The second-order valence-electron chi connectivity index (χ2n) is 5.42. The van der Waals surface area contributed by atoms with Gasteiger partial charge in [0, 0.05) is 25.2 Å². The molecule has 0 N–H and O–H groups in total. The molecular formula is C14H18F3NO2S. The molecule has 0 unspecified atom stereocenters. The van der Waals surface area contributed by atoms with Crippen LogP contribution in [0.2, 0.25) is 0 Å². The summed E-state index contributed by atoms with van der Waals surface area (Å²) in [6, 6.07) is 1.26. The van der Waals surface area contributed by atoms with Gasteiger partial charge in [-0.2, -0.15) is 0 Å². The molecule has 118 valence electrons. The van der Waals surface area contributed by atoms with Gasteiger partial charge < -0.3 is 0 Å². The fourth-order valence-electron chi connectivity index (χ4n) is 2.67. The molecule has 0 spiro atoms. The zero-order chi connectivity index (χ0) is 15.6. The van der Waals surface area contributed by atoms with E-state index in [9.17, 15) is 21.6 Å². The molecule has 2 rings (SSSR count). The maximum absolute atomic E-state index is 13.6. The third-order valence-electron chi connectivity index (χ3n) is 3.87. The van der Waals surface area contributed by atoms with Crippen LogP contribution in [-0.4, -0.2) is 25.0 Å². The van der Waals surface area contributed by atoms with Crippen molar-refractivity contribution in [3.63, 3.8) is 0 Å². The normalized spacial score (nSPS) is 17.4. The molecule has 7 heteroatoms. The zero-order valence-corrected chi connectivity index (χ0v) is 12.6. The molecule has 1 aliphatic carbocycles.